The Morgan fingerprint density at radius 3 is 2.76 bits per heavy atom. The van der Waals surface area contributed by atoms with E-state index in [1.165, 1.54) is 37.1 Å². The highest BCUT2D eigenvalue weighted by molar-refractivity contribution is 9.10. The minimum absolute atomic E-state index is 0.714. The van der Waals surface area contributed by atoms with Gasteiger partial charge in [-0.05, 0) is 49.4 Å². The van der Waals surface area contributed by atoms with Gasteiger partial charge < -0.3 is 10.6 Å². The van der Waals surface area contributed by atoms with E-state index in [9.17, 15) is 0 Å². The first kappa shape index (κ1) is 12.9. The van der Waals surface area contributed by atoms with Gasteiger partial charge in [-0.2, -0.15) is 0 Å². The lowest BCUT2D eigenvalue weighted by atomic mass is 9.85. The van der Waals surface area contributed by atoms with Crippen LogP contribution in [0.25, 0.3) is 0 Å². The molecule has 0 aromatic heterocycles. The molecule has 0 bridgehead atoms. The molecule has 2 N–H and O–H groups in total. The second kappa shape index (κ2) is 5.87. The molecule has 2 nitrogen and oxygen atoms in total. The van der Waals surface area contributed by atoms with Crippen LogP contribution in [0.5, 0.6) is 0 Å². The van der Waals surface area contributed by atoms with Crippen molar-refractivity contribution in [3.63, 3.8) is 0 Å². The van der Waals surface area contributed by atoms with Crippen LogP contribution in [0, 0.1) is 5.92 Å². The van der Waals surface area contributed by atoms with Crippen LogP contribution in [-0.4, -0.2) is 20.1 Å². The maximum absolute atomic E-state index is 5.68. The summed E-state index contributed by atoms with van der Waals surface area (Å²) in [4.78, 5) is 2.39. The lowest BCUT2D eigenvalue weighted by Gasteiger charge is -2.32. The molecule has 94 valence electrons. The molecular weight excluding hydrogens is 276 g/mol. The maximum Gasteiger partial charge on any atom is 0.0408 e. The van der Waals surface area contributed by atoms with Gasteiger partial charge in [-0.25, -0.2) is 0 Å². The van der Waals surface area contributed by atoms with E-state index >= 15 is 0 Å². The third kappa shape index (κ3) is 3.23. The summed E-state index contributed by atoms with van der Waals surface area (Å²) in [5, 5.41) is 0. The molecule has 2 rings (SSSR count). The third-order valence-corrected chi connectivity index (χ3v) is 4.12. The molecule has 1 saturated carbocycles. The van der Waals surface area contributed by atoms with Gasteiger partial charge in [0.2, 0.25) is 0 Å². The van der Waals surface area contributed by atoms with E-state index in [4.69, 9.17) is 5.73 Å². The summed E-state index contributed by atoms with van der Waals surface area (Å²) in [5.41, 5.74) is 8.37. The first-order valence-corrected chi connectivity index (χ1v) is 7.19. The molecule has 1 aliphatic rings. The van der Waals surface area contributed by atoms with Crippen LogP contribution in [0.2, 0.25) is 0 Å². The molecule has 0 saturated heterocycles. The van der Waals surface area contributed by atoms with Gasteiger partial charge in [0.1, 0.15) is 0 Å². The molecule has 0 aliphatic heterocycles. The lowest BCUT2D eigenvalue weighted by Crippen LogP contribution is -2.30. The minimum atomic E-state index is 0.714. The SMILES string of the molecule is CN(CC1CCC1)c1cc(Br)ccc1CCN. The van der Waals surface area contributed by atoms with Crippen LogP contribution in [0.1, 0.15) is 24.8 Å². The van der Waals surface area contributed by atoms with Crippen LogP contribution in [0.3, 0.4) is 0 Å². The van der Waals surface area contributed by atoms with Crippen molar-refractivity contribution in [1.29, 1.82) is 0 Å². The van der Waals surface area contributed by atoms with Crippen molar-refractivity contribution in [3.8, 4) is 0 Å². The zero-order valence-corrected chi connectivity index (χ0v) is 12.0. The van der Waals surface area contributed by atoms with Crippen molar-refractivity contribution in [3.05, 3.63) is 28.2 Å². The fourth-order valence-electron chi connectivity index (χ4n) is 2.42. The second-order valence-electron chi connectivity index (χ2n) is 4.99. The van der Waals surface area contributed by atoms with Gasteiger partial charge >= 0.3 is 0 Å². The van der Waals surface area contributed by atoms with E-state index < -0.39 is 0 Å². The Labute approximate surface area is 112 Å². The Bertz CT molecular complexity index is 374. The van der Waals surface area contributed by atoms with Gasteiger partial charge in [0.15, 0.2) is 0 Å². The van der Waals surface area contributed by atoms with Gasteiger partial charge in [-0.15, -0.1) is 0 Å². The molecule has 1 aliphatic carbocycles. The average Bonchev–Trinajstić information content (AvgIpc) is 2.26. The zero-order valence-electron chi connectivity index (χ0n) is 10.5. The number of hydrogen-bond acceptors (Lipinski definition) is 2. The predicted octanol–water partition coefficient (Wildman–Crippen LogP) is 3.19. The number of nitrogens with zero attached hydrogens (tertiary/aromatic N) is 1. The molecule has 3 heteroatoms. The van der Waals surface area contributed by atoms with Gasteiger partial charge in [-0.1, -0.05) is 28.4 Å². The number of nitrogens with two attached hydrogens (primary N) is 1. The van der Waals surface area contributed by atoms with E-state index in [-0.39, 0.29) is 0 Å². The monoisotopic (exact) mass is 296 g/mol. The average molecular weight is 297 g/mol. The highest BCUT2D eigenvalue weighted by Gasteiger charge is 2.20. The van der Waals surface area contributed by atoms with E-state index in [0.717, 1.165) is 16.8 Å². The molecule has 0 amide bonds. The van der Waals surface area contributed by atoms with Gasteiger partial charge in [0.05, 0.1) is 0 Å². The number of halogens is 1. The Hall–Kier alpha value is -0.540. The highest BCUT2D eigenvalue weighted by atomic mass is 79.9. The fraction of sp³-hybridized carbons (Fsp3) is 0.571. The minimum Gasteiger partial charge on any atom is -0.374 e. The Morgan fingerprint density at radius 1 is 1.41 bits per heavy atom. The standard InChI is InChI=1S/C14H21BrN2/c1-17(10-11-3-2-4-11)14-9-13(15)6-5-12(14)7-8-16/h5-6,9,11H,2-4,7-8,10,16H2,1H3. The number of rotatable bonds is 5. The quantitative estimate of drug-likeness (QED) is 0.904. The van der Waals surface area contributed by atoms with Gasteiger partial charge in [-0.3, -0.25) is 0 Å². The molecule has 1 aromatic rings. The predicted molar refractivity (Wildman–Crippen MR) is 77.5 cm³/mol. The smallest absolute Gasteiger partial charge is 0.0408 e. The summed E-state index contributed by atoms with van der Waals surface area (Å²) < 4.78 is 1.15. The van der Waals surface area contributed by atoms with Crippen LogP contribution in [0.4, 0.5) is 5.69 Å². The molecule has 1 fully saturated rings. The zero-order chi connectivity index (χ0) is 12.3. The van der Waals surface area contributed by atoms with Crippen molar-refractivity contribution in [2.45, 2.75) is 25.7 Å². The summed E-state index contributed by atoms with van der Waals surface area (Å²) in [6.07, 6.45) is 5.15. The first-order chi connectivity index (χ1) is 8.20. The van der Waals surface area contributed by atoms with Gasteiger partial charge in [0.25, 0.3) is 0 Å². The second-order valence-corrected chi connectivity index (χ2v) is 5.90. The Kier molecular flexibility index (Phi) is 4.46. The summed E-state index contributed by atoms with van der Waals surface area (Å²) >= 11 is 3.56. The van der Waals surface area contributed by atoms with Crippen molar-refractivity contribution >= 4 is 21.6 Å². The molecule has 0 heterocycles. The molecule has 0 radical (unpaired) electrons. The van der Waals surface area contributed by atoms with E-state index in [1.54, 1.807) is 0 Å². The van der Waals surface area contributed by atoms with Crippen molar-refractivity contribution in [2.75, 3.05) is 25.0 Å². The molecule has 17 heavy (non-hydrogen) atoms. The maximum atomic E-state index is 5.68. The Balaban J connectivity index is 2.12. The summed E-state index contributed by atoms with van der Waals surface area (Å²) in [7, 11) is 2.19. The summed E-state index contributed by atoms with van der Waals surface area (Å²) in [6.45, 7) is 1.89. The van der Waals surface area contributed by atoms with Crippen molar-refractivity contribution < 1.29 is 0 Å². The number of benzene rings is 1. The topological polar surface area (TPSA) is 29.3 Å². The largest absolute Gasteiger partial charge is 0.374 e. The normalized spacial score (nSPS) is 15.7. The molecule has 0 spiro atoms. The van der Waals surface area contributed by atoms with E-state index in [2.05, 4.69) is 46.1 Å². The van der Waals surface area contributed by atoms with E-state index in [0.29, 0.717) is 6.54 Å². The first-order valence-electron chi connectivity index (χ1n) is 6.40. The molecule has 0 atom stereocenters. The molecule has 1 aromatic carbocycles. The number of anilines is 1. The van der Waals surface area contributed by atoms with Crippen molar-refractivity contribution in [1.82, 2.24) is 0 Å². The number of hydrogen-bond donors (Lipinski definition) is 1. The molecule has 0 unspecified atom stereocenters. The highest BCUT2D eigenvalue weighted by Crippen LogP contribution is 2.30. The van der Waals surface area contributed by atoms with Crippen LogP contribution < -0.4 is 10.6 Å². The van der Waals surface area contributed by atoms with Crippen molar-refractivity contribution in [2.24, 2.45) is 11.7 Å². The molecular formula is C14H21BrN2. The summed E-state index contributed by atoms with van der Waals surface area (Å²) in [6, 6.07) is 6.50. The van der Waals surface area contributed by atoms with Crippen LogP contribution in [-0.2, 0) is 6.42 Å². The third-order valence-electron chi connectivity index (χ3n) is 3.63. The Morgan fingerprint density at radius 2 is 2.18 bits per heavy atom. The van der Waals surface area contributed by atoms with Gasteiger partial charge in [0, 0.05) is 23.8 Å². The fourth-order valence-corrected chi connectivity index (χ4v) is 2.77. The lowest BCUT2D eigenvalue weighted by molar-refractivity contribution is 0.321. The van der Waals surface area contributed by atoms with E-state index in [1.807, 2.05) is 0 Å². The summed E-state index contributed by atoms with van der Waals surface area (Å²) in [5.74, 6) is 0.893. The van der Waals surface area contributed by atoms with Crippen LogP contribution >= 0.6 is 15.9 Å². The van der Waals surface area contributed by atoms with Crippen LogP contribution in [0.15, 0.2) is 22.7 Å².